The summed E-state index contributed by atoms with van der Waals surface area (Å²) < 4.78 is 7.03. The first-order valence-electron chi connectivity index (χ1n) is 5.10. The highest BCUT2D eigenvalue weighted by Gasteiger charge is 2.01. The number of nitrogens with two attached hydrogens (primary N) is 1. The molecule has 0 bridgehead atoms. The maximum Gasteiger partial charge on any atom is 0.121 e. The van der Waals surface area contributed by atoms with Crippen molar-refractivity contribution in [2.24, 2.45) is 0 Å². The summed E-state index contributed by atoms with van der Waals surface area (Å²) in [6.07, 6.45) is 3.47. The summed E-state index contributed by atoms with van der Waals surface area (Å²) in [5.74, 6) is 0.906. The number of methoxy groups -OCH3 is 1. The largest absolute Gasteiger partial charge is 0.496 e. The summed E-state index contributed by atoms with van der Waals surface area (Å²) in [5, 5.41) is 4.14. The van der Waals surface area contributed by atoms with Gasteiger partial charge in [-0.3, -0.25) is 4.68 Å². The first kappa shape index (κ1) is 10.5. The molecule has 84 valence electrons. The average molecular weight is 217 g/mol. The molecular formula is C12H15N3O. The van der Waals surface area contributed by atoms with Crippen molar-refractivity contribution in [3.8, 4) is 5.75 Å². The van der Waals surface area contributed by atoms with E-state index in [-0.39, 0.29) is 0 Å². The van der Waals surface area contributed by atoms with E-state index >= 15 is 0 Å². The van der Waals surface area contributed by atoms with Crippen LogP contribution in [0.15, 0.2) is 30.6 Å². The van der Waals surface area contributed by atoms with Gasteiger partial charge in [0.05, 0.1) is 25.5 Å². The lowest BCUT2D eigenvalue weighted by Crippen LogP contribution is -2.00. The zero-order valence-corrected chi connectivity index (χ0v) is 9.47. The lowest BCUT2D eigenvalue weighted by Gasteiger charge is -2.07. The van der Waals surface area contributed by atoms with Gasteiger partial charge in [-0.1, -0.05) is 12.1 Å². The molecule has 0 spiro atoms. The highest BCUT2D eigenvalue weighted by Crippen LogP contribution is 2.19. The van der Waals surface area contributed by atoms with Crippen molar-refractivity contribution in [1.82, 2.24) is 9.78 Å². The minimum absolute atomic E-state index is 0.685. The molecule has 0 amide bonds. The van der Waals surface area contributed by atoms with Crippen molar-refractivity contribution in [1.29, 1.82) is 0 Å². The van der Waals surface area contributed by atoms with E-state index in [0.717, 1.165) is 17.9 Å². The fourth-order valence-corrected chi connectivity index (χ4v) is 1.69. The fraction of sp³-hybridized carbons (Fsp3) is 0.250. The number of anilines is 1. The second-order valence-corrected chi connectivity index (χ2v) is 3.78. The molecule has 1 aromatic heterocycles. The van der Waals surface area contributed by atoms with Crippen molar-refractivity contribution in [3.05, 3.63) is 41.7 Å². The van der Waals surface area contributed by atoms with E-state index in [9.17, 15) is 0 Å². The number of ether oxygens (including phenoxy) is 1. The average Bonchev–Trinajstić information content (AvgIpc) is 2.64. The van der Waals surface area contributed by atoms with E-state index in [1.165, 1.54) is 5.56 Å². The van der Waals surface area contributed by atoms with Gasteiger partial charge in [0.25, 0.3) is 0 Å². The normalized spacial score (nSPS) is 10.4. The highest BCUT2D eigenvalue weighted by atomic mass is 16.5. The molecule has 0 radical (unpaired) electrons. The van der Waals surface area contributed by atoms with Crippen LogP contribution in [-0.4, -0.2) is 16.9 Å². The molecule has 0 saturated heterocycles. The molecule has 0 atom stereocenters. The third-order valence-electron chi connectivity index (χ3n) is 2.46. The first-order chi connectivity index (χ1) is 7.69. The quantitative estimate of drug-likeness (QED) is 0.853. The van der Waals surface area contributed by atoms with Gasteiger partial charge >= 0.3 is 0 Å². The number of aryl methyl sites for hydroxylation is 1. The smallest absolute Gasteiger partial charge is 0.121 e. The molecule has 0 saturated carbocycles. The SMILES string of the molecule is COc1ccc(Cn2cc(N)cn2)cc1C. The number of hydrogen-bond donors (Lipinski definition) is 1. The summed E-state index contributed by atoms with van der Waals surface area (Å²) >= 11 is 0. The van der Waals surface area contributed by atoms with Crippen LogP contribution in [0.3, 0.4) is 0 Å². The zero-order valence-electron chi connectivity index (χ0n) is 9.47. The van der Waals surface area contributed by atoms with Gasteiger partial charge in [-0.15, -0.1) is 0 Å². The summed E-state index contributed by atoms with van der Waals surface area (Å²) in [7, 11) is 1.68. The lowest BCUT2D eigenvalue weighted by atomic mass is 10.1. The monoisotopic (exact) mass is 217 g/mol. The van der Waals surface area contributed by atoms with Crippen LogP contribution in [0, 0.1) is 6.92 Å². The van der Waals surface area contributed by atoms with Crippen molar-refractivity contribution in [2.75, 3.05) is 12.8 Å². The Morgan fingerprint density at radius 3 is 2.81 bits per heavy atom. The van der Waals surface area contributed by atoms with Crippen LogP contribution in [0.25, 0.3) is 0 Å². The van der Waals surface area contributed by atoms with E-state index in [1.807, 2.05) is 29.9 Å². The topological polar surface area (TPSA) is 53.1 Å². The van der Waals surface area contributed by atoms with Crippen molar-refractivity contribution >= 4 is 5.69 Å². The molecule has 0 aliphatic carbocycles. The summed E-state index contributed by atoms with van der Waals surface area (Å²) in [6.45, 7) is 2.75. The van der Waals surface area contributed by atoms with Crippen molar-refractivity contribution in [2.45, 2.75) is 13.5 Å². The molecule has 0 unspecified atom stereocenters. The van der Waals surface area contributed by atoms with Crippen LogP contribution in [0.5, 0.6) is 5.75 Å². The Hall–Kier alpha value is -1.97. The number of hydrogen-bond acceptors (Lipinski definition) is 3. The Morgan fingerprint density at radius 1 is 1.44 bits per heavy atom. The minimum Gasteiger partial charge on any atom is -0.496 e. The minimum atomic E-state index is 0.685. The van der Waals surface area contributed by atoms with Crippen LogP contribution >= 0.6 is 0 Å². The molecule has 2 aromatic rings. The van der Waals surface area contributed by atoms with Gasteiger partial charge in [-0.05, 0) is 24.1 Å². The summed E-state index contributed by atoms with van der Waals surface area (Å²) in [5.41, 5.74) is 8.60. The molecular weight excluding hydrogens is 202 g/mol. The second-order valence-electron chi connectivity index (χ2n) is 3.78. The number of rotatable bonds is 3. The Labute approximate surface area is 94.6 Å². The van der Waals surface area contributed by atoms with Crippen LogP contribution in [0.1, 0.15) is 11.1 Å². The van der Waals surface area contributed by atoms with Gasteiger partial charge in [0.1, 0.15) is 5.75 Å². The van der Waals surface area contributed by atoms with Crippen molar-refractivity contribution in [3.63, 3.8) is 0 Å². The number of aromatic nitrogens is 2. The molecule has 0 aliphatic rings. The molecule has 1 aromatic carbocycles. The van der Waals surface area contributed by atoms with Gasteiger partial charge in [0.15, 0.2) is 0 Å². The van der Waals surface area contributed by atoms with E-state index in [0.29, 0.717) is 5.69 Å². The highest BCUT2D eigenvalue weighted by molar-refractivity contribution is 5.36. The Morgan fingerprint density at radius 2 is 2.25 bits per heavy atom. The van der Waals surface area contributed by atoms with Crippen LogP contribution < -0.4 is 10.5 Å². The van der Waals surface area contributed by atoms with Gasteiger partial charge in [-0.25, -0.2) is 0 Å². The van der Waals surface area contributed by atoms with Gasteiger partial charge < -0.3 is 10.5 Å². The molecule has 0 fully saturated rings. The fourth-order valence-electron chi connectivity index (χ4n) is 1.69. The standard InChI is InChI=1S/C12H15N3O/c1-9-5-10(3-4-12(9)16-2)7-15-8-11(13)6-14-15/h3-6,8H,7,13H2,1-2H3. The Balaban J connectivity index is 2.19. The predicted octanol–water partition coefficient (Wildman–Crippen LogP) is 1.83. The summed E-state index contributed by atoms with van der Waals surface area (Å²) in [4.78, 5) is 0. The van der Waals surface area contributed by atoms with Gasteiger partial charge in [0.2, 0.25) is 0 Å². The number of benzene rings is 1. The molecule has 0 aliphatic heterocycles. The summed E-state index contributed by atoms with van der Waals surface area (Å²) in [6, 6.07) is 6.10. The van der Waals surface area contributed by atoms with E-state index < -0.39 is 0 Å². The Kier molecular flexibility index (Phi) is 2.81. The van der Waals surface area contributed by atoms with Crippen molar-refractivity contribution < 1.29 is 4.74 Å². The Bertz CT molecular complexity index is 491. The molecule has 2 N–H and O–H groups in total. The molecule has 1 heterocycles. The molecule has 2 rings (SSSR count). The maximum atomic E-state index is 5.60. The van der Waals surface area contributed by atoms with E-state index in [1.54, 1.807) is 13.3 Å². The number of nitrogen functional groups attached to an aromatic ring is 1. The number of nitrogens with zero attached hydrogens (tertiary/aromatic N) is 2. The molecule has 4 nitrogen and oxygen atoms in total. The third-order valence-corrected chi connectivity index (χ3v) is 2.46. The molecule has 4 heteroatoms. The predicted molar refractivity (Wildman–Crippen MR) is 63.5 cm³/mol. The maximum absolute atomic E-state index is 5.60. The van der Waals surface area contributed by atoms with Crippen LogP contribution in [-0.2, 0) is 6.54 Å². The lowest BCUT2D eigenvalue weighted by molar-refractivity contribution is 0.411. The van der Waals surface area contributed by atoms with Gasteiger partial charge in [0, 0.05) is 6.20 Å². The van der Waals surface area contributed by atoms with Gasteiger partial charge in [-0.2, -0.15) is 5.10 Å². The molecule has 16 heavy (non-hydrogen) atoms. The zero-order chi connectivity index (χ0) is 11.5. The first-order valence-corrected chi connectivity index (χ1v) is 5.10. The van der Waals surface area contributed by atoms with E-state index in [2.05, 4.69) is 11.2 Å². The van der Waals surface area contributed by atoms with Crippen LogP contribution in [0.2, 0.25) is 0 Å². The van der Waals surface area contributed by atoms with Crippen LogP contribution in [0.4, 0.5) is 5.69 Å². The third kappa shape index (κ3) is 2.16. The second kappa shape index (κ2) is 4.26. The van der Waals surface area contributed by atoms with E-state index in [4.69, 9.17) is 10.5 Å².